The summed E-state index contributed by atoms with van der Waals surface area (Å²) in [5.41, 5.74) is 1.02. The number of amides is 2. The highest BCUT2D eigenvalue weighted by Gasteiger charge is 2.32. The molecule has 198 valence electrons. The molecular formula is C25H32Cl3N3O4S. The molecule has 1 N–H and O–H groups in total. The number of hydrogen-bond donors (Lipinski definition) is 1. The van der Waals surface area contributed by atoms with Gasteiger partial charge in [-0.05, 0) is 43.9 Å². The Balaban J connectivity index is 2.43. The molecule has 0 aromatic heterocycles. The summed E-state index contributed by atoms with van der Waals surface area (Å²) in [5.74, 6) is -0.823. The molecule has 2 atom stereocenters. The van der Waals surface area contributed by atoms with E-state index in [1.165, 1.54) is 17.0 Å². The number of carbonyl (C=O) groups is 2. The Labute approximate surface area is 228 Å². The zero-order chi connectivity index (χ0) is 27.0. The van der Waals surface area contributed by atoms with E-state index in [9.17, 15) is 18.0 Å². The Morgan fingerprint density at radius 3 is 2.14 bits per heavy atom. The van der Waals surface area contributed by atoms with Crippen molar-refractivity contribution in [2.75, 3.05) is 23.7 Å². The smallest absolute Gasteiger partial charge is 0.244 e. The van der Waals surface area contributed by atoms with E-state index in [4.69, 9.17) is 34.8 Å². The fraction of sp³-hybridized carbons (Fsp3) is 0.440. The van der Waals surface area contributed by atoms with Gasteiger partial charge in [0.25, 0.3) is 0 Å². The van der Waals surface area contributed by atoms with Gasteiger partial charge in [0.15, 0.2) is 0 Å². The molecule has 11 heteroatoms. The van der Waals surface area contributed by atoms with E-state index in [0.717, 1.165) is 22.5 Å². The molecule has 7 nitrogen and oxygen atoms in total. The van der Waals surface area contributed by atoms with Crippen molar-refractivity contribution in [1.82, 2.24) is 10.2 Å². The van der Waals surface area contributed by atoms with Crippen molar-refractivity contribution >= 4 is 62.3 Å². The number of carbonyl (C=O) groups excluding carboxylic acids is 2. The molecule has 0 fully saturated rings. The molecule has 0 heterocycles. The molecule has 0 aliphatic heterocycles. The van der Waals surface area contributed by atoms with Gasteiger partial charge in [0.05, 0.1) is 27.0 Å². The van der Waals surface area contributed by atoms with Crippen molar-refractivity contribution in [3.05, 3.63) is 63.1 Å². The first kappa shape index (κ1) is 30.2. The lowest BCUT2D eigenvalue weighted by Crippen LogP contribution is -2.54. The van der Waals surface area contributed by atoms with Gasteiger partial charge in [0.2, 0.25) is 21.8 Å². The zero-order valence-corrected chi connectivity index (χ0v) is 23.9. The van der Waals surface area contributed by atoms with E-state index in [2.05, 4.69) is 5.32 Å². The van der Waals surface area contributed by atoms with Crippen molar-refractivity contribution in [3.8, 4) is 0 Å². The van der Waals surface area contributed by atoms with Crippen molar-refractivity contribution in [2.45, 2.75) is 52.1 Å². The molecule has 0 unspecified atom stereocenters. The number of rotatable bonds is 12. The molecule has 0 spiro atoms. The summed E-state index contributed by atoms with van der Waals surface area (Å²) >= 11 is 18.4. The normalized spacial score (nSPS) is 13.1. The number of benzene rings is 2. The Hall–Kier alpha value is -2.00. The first-order valence-corrected chi connectivity index (χ1v) is 14.6. The lowest BCUT2D eigenvalue weighted by Gasteiger charge is -2.33. The summed E-state index contributed by atoms with van der Waals surface area (Å²) in [6.07, 6.45) is 2.56. The van der Waals surface area contributed by atoms with E-state index in [0.29, 0.717) is 12.8 Å². The predicted octanol–water partition coefficient (Wildman–Crippen LogP) is 5.18. The van der Waals surface area contributed by atoms with Crippen molar-refractivity contribution in [2.24, 2.45) is 0 Å². The third kappa shape index (κ3) is 8.26. The highest BCUT2D eigenvalue weighted by molar-refractivity contribution is 7.92. The molecular weight excluding hydrogens is 545 g/mol. The van der Waals surface area contributed by atoms with E-state index >= 15 is 0 Å². The first-order chi connectivity index (χ1) is 16.9. The van der Waals surface area contributed by atoms with Crippen LogP contribution in [0.2, 0.25) is 15.1 Å². The number of sulfonamides is 1. The quantitative estimate of drug-likeness (QED) is 0.353. The first-order valence-electron chi connectivity index (χ1n) is 11.6. The third-order valence-electron chi connectivity index (χ3n) is 5.81. The maximum Gasteiger partial charge on any atom is 0.244 e. The van der Waals surface area contributed by atoms with Crippen LogP contribution in [-0.4, -0.2) is 56.6 Å². The molecule has 0 aliphatic carbocycles. The van der Waals surface area contributed by atoms with E-state index in [1.807, 2.05) is 51.1 Å². The Bertz CT molecular complexity index is 1160. The van der Waals surface area contributed by atoms with Crippen LogP contribution in [0.25, 0.3) is 0 Å². The molecule has 0 bridgehead atoms. The van der Waals surface area contributed by atoms with Crippen LogP contribution in [0, 0.1) is 0 Å². The Morgan fingerprint density at radius 1 is 0.972 bits per heavy atom. The monoisotopic (exact) mass is 575 g/mol. The van der Waals surface area contributed by atoms with Crippen LogP contribution in [0.1, 0.15) is 39.2 Å². The van der Waals surface area contributed by atoms with Crippen LogP contribution in [0.3, 0.4) is 0 Å². The molecule has 2 rings (SSSR count). The molecule has 36 heavy (non-hydrogen) atoms. The van der Waals surface area contributed by atoms with Gasteiger partial charge >= 0.3 is 0 Å². The van der Waals surface area contributed by atoms with Crippen molar-refractivity contribution < 1.29 is 18.0 Å². The molecule has 2 amide bonds. The maximum atomic E-state index is 13.7. The highest BCUT2D eigenvalue weighted by Crippen LogP contribution is 2.35. The second-order valence-corrected chi connectivity index (χ2v) is 11.7. The van der Waals surface area contributed by atoms with Gasteiger partial charge in [-0.2, -0.15) is 0 Å². The van der Waals surface area contributed by atoms with Gasteiger partial charge in [-0.25, -0.2) is 8.42 Å². The molecule has 2 aromatic carbocycles. The summed E-state index contributed by atoms with van der Waals surface area (Å²) in [6, 6.07) is 11.3. The average Bonchev–Trinajstić information content (AvgIpc) is 2.82. The topological polar surface area (TPSA) is 86.8 Å². The largest absolute Gasteiger partial charge is 0.352 e. The SMILES string of the molecule is CC[C@@H](C)NC(=O)[C@H](CC)N(CCc1ccccc1)C(=O)CN(c1cc(Cl)c(Cl)cc1Cl)S(C)(=O)=O. The minimum Gasteiger partial charge on any atom is -0.352 e. The molecule has 0 saturated heterocycles. The zero-order valence-electron chi connectivity index (χ0n) is 20.8. The number of anilines is 1. The van der Waals surface area contributed by atoms with Crippen molar-refractivity contribution in [3.63, 3.8) is 0 Å². The van der Waals surface area contributed by atoms with E-state index in [1.54, 1.807) is 0 Å². The summed E-state index contributed by atoms with van der Waals surface area (Å²) in [7, 11) is -3.94. The van der Waals surface area contributed by atoms with Gasteiger partial charge in [-0.1, -0.05) is 79.0 Å². The van der Waals surface area contributed by atoms with E-state index in [-0.39, 0.29) is 39.2 Å². The summed E-state index contributed by atoms with van der Waals surface area (Å²) in [4.78, 5) is 28.2. The second-order valence-electron chi connectivity index (χ2n) is 8.55. The maximum absolute atomic E-state index is 13.7. The van der Waals surface area contributed by atoms with Crippen LogP contribution in [0.4, 0.5) is 5.69 Å². The van der Waals surface area contributed by atoms with Crippen LogP contribution in [0.15, 0.2) is 42.5 Å². The van der Waals surface area contributed by atoms with Crippen molar-refractivity contribution in [1.29, 1.82) is 0 Å². The molecule has 0 saturated carbocycles. The number of nitrogens with one attached hydrogen (secondary N) is 1. The lowest BCUT2D eigenvalue weighted by atomic mass is 10.1. The summed E-state index contributed by atoms with van der Waals surface area (Å²) < 4.78 is 26.3. The minimum absolute atomic E-state index is 0.0278. The average molecular weight is 577 g/mol. The van der Waals surface area contributed by atoms with Gasteiger partial charge in [0, 0.05) is 12.6 Å². The van der Waals surface area contributed by atoms with Gasteiger partial charge in [-0.3, -0.25) is 13.9 Å². The predicted molar refractivity (Wildman–Crippen MR) is 147 cm³/mol. The number of nitrogens with zero attached hydrogens (tertiary/aromatic N) is 2. The highest BCUT2D eigenvalue weighted by atomic mass is 35.5. The van der Waals surface area contributed by atoms with Crippen LogP contribution < -0.4 is 9.62 Å². The summed E-state index contributed by atoms with van der Waals surface area (Å²) in [6.45, 7) is 5.32. The standard InChI is InChI=1S/C25H32Cl3N3O4S/c1-5-17(3)29-25(33)22(6-2)30(13-12-18-10-8-7-9-11-18)24(32)16-31(36(4,34)35)23-15-20(27)19(26)14-21(23)28/h7-11,14-15,17,22H,5-6,12-13,16H2,1-4H3,(H,29,33)/t17-,22+/m1/s1. The van der Waals surface area contributed by atoms with Gasteiger partial charge in [-0.15, -0.1) is 0 Å². The number of halogens is 3. The molecule has 0 radical (unpaired) electrons. The molecule has 0 aliphatic rings. The van der Waals surface area contributed by atoms with Gasteiger partial charge in [0.1, 0.15) is 12.6 Å². The van der Waals surface area contributed by atoms with E-state index < -0.39 is 28.5 Å². The van der Waals surface area contributed by atoms with Crippen LogP contribution in [-0.2, 0) is 26.0 Å². The number of hydrogen-bond acceptors (Lipinski definition) is 4. The minimum atomic E-state index is -3.94. The fourth-order valence-corrected chi connectivity index (χ4v) is 5.18. The third-order valence-corrected chi connectivity index (χ3v) is 7.96. The summed E-state index contributed by atoms with van der Waals surface area (Å²) in [5, 5.41) is 3.21. The lowest BCUT2D eigenvalue weighted by molar-refractivity contribution is -0.139. The Kier molecular flexibility index (Phi) is 11.3. The Morgan fingerprint density at radius 2 is 1.58 bits per heavy atom. The van der Waals surface area contributed by atoms with Gasteiger partial charge < -0.3 is 10.2 Å². The fourth-order valence-electron chi connectivity index (χ4n) is 3.63. The van der Waals surface area contributed by atoms with Crippen LogP contribution in [0.5, 0.6) is 0 Å². The molecule has 2 aromatic rings. The van der Waals surface area contributed by atoms with Crippen LogP contribution >= 0.6 is 34.8 Å². The second kappa shape index (κ2) is 13.5.